The van der Waals surface area contributed by atoms with E-state index in [0.717, 1.165) is 19.3 Å². The molecule has 0 saturated carbocycles. The third-order valence-corrected chi connectivity index (χ3v) is 4.94. The zero-order valence-electron chi connectivity index (χ0n) is 13.0. The number of rotatable bonds is 5. The molecule has 0 unspecified atom stereocenters. The summed E-state index contributed by atoms with van der Waals surface area (Å²) in [6.45, 7) is 6.86. The summed E-state index contributed by atoms with van der Waals surface area (Å²) in [5.74, 6) is 0.473. The van der Waals surface area contributed by atoms with Gasteiger partial charge in [-0.3, -0.25) is 9.36 Å². The zero-order valence-corrected chi connectivity index (χ0v) is 13.8. The van der Waals surface area contributed by atoms with Gasteiger partial charge in [0.25, 0.3) is 0 Å². The number of carbonyl (C=O) groups excluding carboxylic acids is 1. The van der Waals surface area contributed by atoms with Crippen LogP contribution < -0.4 is 5.69 Å². The molecule has 0 spiro atoms. The first-order valence-corrected chi connectivity index (χ1v) is 8.62. The third-order valence-electron chi connectivity index (χ3n) is 3.98. The van der Waals surface area contributed by atoms with Gasteiger partial charge in [-0.15, -0.1) is 5.10 Å². The molecule has 2 heterocycles. The van der Waals surface area contributed by atoms with Gasteiger partial charge >= 0.3 is 5.69 Å². The molecular formula is C14H24N4O2S. The Kier molecular flexibility index (Phi) is 5.50. The average molecular weight is 312 g/mol. The molecule has 2 rings (SSSR count). The van der Waals surface area contributed by atoms with Crippen LogP contribution in [0.15, 0.2) is 9.95 Å². The quantitative estimate of drug-likeness (QED) is 0.843. The van der Waals surface area contributed by atoms with Gasteiger partial charge in [0, 0.05) is 18.6 Å². The highest BCUT2D eigenvalue weighted by Crippen LogP contribution is 2.24. The number of aromatic amines is 1. The Bertz CT molecular complexity index is 529. The Labute approximate surface area is 129 Å². The summed E-state index contributed by atoms with van der Waals surface area (Å²) in [5, 5.41) is 7.07. The summed E-state index contributed by atoms with van der Waals surface area (Å²) in [6.07, 6.45) is 4.20. The lowest BCUT2D eigenvalue weighted by Crippen LogP contribution is -2.48. The molecule has 1 amide bonds. The van der Waals surface area contributed by atoms with Crippen molar-refractivity contribution >= 4 is 17.7 Å². The molecule has 1 aliphatic heterocycles. The maximum atomic E-state index is 12.4. The van der Waals surface area contributed by atoms with E-state index in [1.54, 1.807) is 4.57 Å². The lowest BCUT2D eigenvalue weighted by molar-refractivity contribution is -0.134. The smallest absolute Gasteiger partial charge is 0.337 e. The first-order chi connectivity index (χ1) is 10.0. The monoisotopic (exact) mass is 312 g/mol. The molecule has 0 radical (unpaired) electrons. The number of piperidine rings is 1. The van der Waals surface area contributed by atoms with Crippen LogP contribution in [0.3, 0.4) is 0 Å². The van der Waals surface area contributed by atoms with Crippen molar-refractivity contribution in [2.24, 2.45) is 0 Å². The zero-order chi connectivity index (χ0) is 15.4. The van der Waals surface area contributed by atoms with Crippen molar-refractivity contribution in [2.75, 3.05) is 5.75 Å². The lowest BCUT2D eigenvalue weighted by Gasteiger charge is -2.39. The van der Waals surface area contributed by atoms with E-state index >= 15 is 0 Å². The van der Waals surface area contributed by atoms with Crippen LogP contribution in [-0.4, -0.2) is 43.4 Å². The van der Waals surface area contributed by atoms with Crippen LogP contribution in [0.5, 0.6) is 0 Å². The Morgan fingerprint density at radius 1 is 1.38 bits per heavy atom. The lowest BCUT2D eigenvalue weighted by atomic mass is 9.98. The standard InChI is InChI=1S/C14H24N4O2S/c1-4-8-17-13(20)15-16-14(17)21-9-12(19)18-10(2)6-5-7-11(18)3/h10-11H,4-9H2,1-3H3,(H,15,20)/t10-,11-/m0/s1. The second-order valence-corrected chi connectivity index (χ2v) is 6.62. The Balaban J connectivity index is 1.99. The van der Waals surface area contributed by atoms with Crippen LogP contribution >= 0.6 is 11.8 Å². The number of thioether (sulfide) groups is 1. The molecule has 2 atom stereocenters. The number of amides is 1. The van der Waals surface area contributed by atoms with Crippen molar-refractivity contribution < 1.29 is 4.79 Å². The number of nitrogens with one attached hydrogen (secondary N) is 1. The average Bonchev–Trinajstić information content (AvgIpc) is 2.78. The molecule has 1 aromatic heterocycles. The van der Waals surface area contributed by atoms with Crippen molar-refractivity contribution in [1.29, 1.82) is 0 Å². The minimum absolute atomic E-state index is 0.137. The molecule has 6 nitrogen and oxygen atoms in total. The molecule has 0 aliphatic carbocycles. The van der Waals surface area contributed by atoms with Crippen LogP contribution in [0.25, 0.3) is 0 Å². The number of H-pyrrole nitrogens is 1. The normalized spacial score (nSPS) is 22.5. The van der Waals surface area contributed by atoms with Gasteiger partial charge in [0.15, 0.2) is 5.16 Å². The Morgan fingerprint density at radius 3 is 2.67 bits per heavy atom. The highest BCUT2D eigenvalue weighted by molar-refractivity contribution is 7.99. The van der Waals surface area contributed by atoms with Crippen molar-refractivity contribution in [2.45, 2.75) is 70.2 Å². The summed E-state index contributed by atoms with van der Waals surface area (Å²) in [6, 6.07) is 0.609. The fourth-order valence-corrected chi connectivity index (χ4v) is 3.79. The van der Waals surface area contributed by atoms with E-state index in [1.807, 2.05) is 11.8 Å². The molecule has 0 aromatic carbocycles. The largest absolute Gasteiger partial charge is 0.343 e. The van der Waals surface area contributed by atoms with Crippen LogP contribution in [-0.2, 0) is 11.3 Å². The molecule has 21 heavy (non-hydrogen) atoms. The molecule has 1 saturated heterocycles. The summed E-state index contributed by atoms with van der Waals surface area (Å²) in [4.78, 5) is 26.1. The topological polar surface area (TPSA) is 71.0 Å². The SMILES string of the molecule is CCCn1c(SCC(=O)N2[C@@H](C)CCC[C@@H]2C)n[nH]c1=O. The molecule has 7 heteroatoms. The fraction of sp³-hybridized carbons (Fsp3) is 0.786. The number of hydrogen-bond acceptors (Lipinski definition) is 4. The van der Waals surface area contributed by atoms with Crippen LogP contribution in [0.4, 0.5) is 0 Å². The summed E-state index contributed by atoms with van der Waals surface area (Å²) >= 11 is 1.34. The van der Waals surface area contributed by atoms with Gasteiger partial charge in [-0.1, -0.05) is 18.7 Å². The molecule has 1 N–H and O–H groups in total. The van der Waals surface area contributed by atoms with Gasteiger partial charge in [0.05, 0.1) is 5.75 Å². The van der Waals surface area contributed by atoms with Gasteiger partial charge in [0.2, 0.25) is 5.91 Å². The Morgan fingerprint density at radius 2 is 2.05 bits per heavy atom. The molecule has 1 aromatic rings. The summed E-state index contributed by atoms with van der Waals surface area (Å²) < 4.78 is 1.60. The van der Waals surface area contributed by atoms with E-state index < -0.39 is 0 Å². The number of nitrogens with zero attached hydrogens (tertiary/aromatic N) is 3. The molecule has 1 aliphatic rings. The summed E-state index contributed by atoms with van der Waals surface area (Å²) in [7, 11) is 0. The Hall–Kier alpha value is -1.24. The van der Waals surface area contributed by atoms with Gasteiger partial charge in [-0.2, -0.15) is 0 Å². The van der Waals surface area contributed by atoms with Crippen molar-refractivity contribution in [1.82, 2.24) is 19.7 Å². The van der Waals surface area contributed by atoms with Gasteiger partial charge < -0.3 is 4.90 Å². The first-order valence-electron chi connectivity index (χ1n) is 7.63. The predicted molar refractivity (Wildman–Crippen MR) is 83.5 cm³/mol. The predicted octanol–water partition coefficient (Wildman–Crippen LogP) is 1.86. The number of carbonyl (C=O) groups is 1. The fourth-order valence-electron chi connectivity index (χ4n) is 2.95. The minimum Gasteiger partial charge on any atom is -0.337 e. The second-order valence-electron chi connectivity index (χ2n) is 5.68. The van der Waals surface area contributed by atoms with Crippen LogP contribution in [0.1, 0.15) is 46.5 Å². The van der Waals surface area contributed by atoms with Gasteiger partial charge in [0.1, 0.15) is 0 Å². The van der Waals surface area contributed by atoms with Crippen molar-refractivity contribution in [3.05, 3.63) is 10.5 Å². The number of likely N-dealkylation sites (tertiary alicyclic amines) is 1. The van der Waals surface area contributed by atoms with E-state index in [9.17, 15) is 9.59 Å². The maximum Gasteiger partial charge on any atom is 0.343 e. The highest BCUT2D eigenvalue weighted by Gasteiger charge is 2.28. The molecule has 118 valence electrons. The number of aromatic nitrogens is 3. The highest BCUT2D eigenvalue weighted by atomic mass is 32.2. The van der Waals surface area contributed by atoms with E-state index in [-0.39, 0.29) is 11.6 Å². The minimum atomic E-state index is -0.202. The number of hydrogen-bond donors (Lipinski definition) is 1. The van der Waals surface area contributed by atoms with E-state index in [2.05, 4.69) is 24.0 Å². The van der Waals surface area contributed by atoms with Crippen molar-refractivity contribution in [3.63, 3.8) is 0 Å². The van der Waals surface area contributed by atoms with Gasteiger partial charge in [-0.25, -0.2) is 9.89 Å². The second kappa shape index (κ2) is 7.15. The molecule has 0 bridgehead atoms. The first kappa shape index (κ1) is 16.1. The third kappa shape index (κ3) is 3.70. The van der Waals surface area contributed by atoms with E-state index in [0.29, 0.717) is 29.5 Å². The molecular weight excluding hydrogens is 288 g/mol. The van der Waals surface area contributed by atoms with E-state index in [4.69, 9.17) is 0 Å². The van der Waals surface area contributed by atoms with Crippen molar-refractivity contribution in [3.8, 4) is 0 Å². The van der Waals surface area contributed by atoms with Crippen LogP contribution in [0, 0.1) is 0 Å². The summed E-state index contributed by atoms with van der Waals surface area (Å²) in [5.41, 5.74) is -0.202. The van der Waals surface area contributed by atoms with E-state index in [1.165, 1.54) is 18.2 Å². The molecule has 1 fully saturated rings. The van der Waals surface area contributed by atoms with Crippen LogP contribution in [0.2, 0.25) is 0 Å². The van der Waals surface area contributed by atoms with Gasteiger partial charge in [-0.05, 0) is 39.5 Å². The maximum absolute atomic E-state index is 12.4.